The molecule has 1 N–H and O–H groups in total. The van der Waals surface area contributed by atoms with Crippen molar-refractivity contribution in [3.8, 4) is 17.2 Å². The molecule has 0 fully saturated rings. The summed E-state index contributed by atoms with van der Waals surface area (Å²) in [5.41, 5.74) is 3.15. The van der Waals surface area contributed by atoms with E-state index in [1.807, 2.05) is 31.2 Å². The number of hydrogen-bond donors (Lipinski definition) is 1. The zero-order chi connectivity index (χ0) is 14.8. The molecule has 0 bridgehead atoms. The standard InChI is InChI=1S/C17H18O4/c1-11-3-5-14(7-12(11)2)19-9-15(18)13-4-6-16-17(8-13)21-10-20-16/h3-8,15,18H,9-10H2,1-2H3. The van der Waals surface area contributed by atoms with E-state index in [0.717, 1.165) is 11.3 Å². The van der Waals surface area contributed by atoms with Crippen molar-refractivity contribution in [2.24, 2.45) is 0 Å². The summed E-state index contributed by atoms with van der Waals surface area (Å²) < 4.78 is 16.2. The van der Waals surface area contributed by atoms with Crippen LogP contribution in [-0.2, 0) is 0 Å². The van der Waals surface area contributed by atoms with E-state index >= 15 is 0 Å². The molecular formula is C17H18O4. The van der Waals surface area contributed by atoms with Gasteiger partial charge in [0.2, 0.25) is 6.79 Å². The lowest BCUT2D eigenvalue weighted by molar-refractivity contribution is 0.108. The van der Waals surface area contributed by atoms with Gasteiger partial charge in [0.1, 0.15) is 18.5 Å². The molecule has 4 nitrogen and oxygen atoms in total. The second kappa shape index (κ2) is 5.66. The van der Waals surface area contributed by atoms with Gasteiger partial charge < -0.3 is 19.3 Å². The molecule has 0 spiro atoms. The number of hydrogen-bond acceptors (Lipinski definition) is 4. The molecule has 0 saturated heterocycles. The first kappa shape index (κ1) is 13.8. The average Bonchev–Trinajstić information content (AvgIpc) is 2.95. The van der Waals surface area contributed by atoms with Crippen LogP contribution in [0.4, 0.5) is 0 Å². The van der Waals surface area contributed by atoms with Crippen LogP contribution < -0.4 is 14.2 Å². The van der Waals surface area contributed by atoms with Crippen LogP contribution in [0.5, 0.6) is 17.2 Å². The Labute approximate surface area is 123 Å². The third-order valence-corrected chi connectivity index (χ3v) is 3.67. The molecule has 0 amide bonds. The molecular weight excluding hydrogens is 268 g/mol. The van der Waals surface area contributed by atoms with Crippen LogP contribution in [0, 0.1) is 13.8 Å². The van der Waals surface area contributed by atoms with Gasteiger partial charge in [0.15, 0.2) is 11.5 Å². The van der Waals surface area contributed by atoms with Gasteiger partial charge in [-0.15, -0.1) is 0 Å². The molecule has 1 atom stereocenters. The predicted molar refractivity (Wildman–Crippen MR) is 78.9 cm³/mol. The summed E-state index contributed by atoms with van der Waals surface area (Å²) in [4.78, 5) is 0. The summed E-state index contributed by atoms with van der Waals surface area (Å²) in [6.07, 6.45) is -0.707. The Morgan fingerprint density at radius 2 is 1.86 bits per heavy atom. The third kappa shape index (κ3) is 2.95. The van der Waals surface area contributed by atoms with E-state index in [9.17, 15) is 5.11 Å². The van der Waals surface area contributed by atoms with Gasteiger partial charge in [-0.1, -0.05) is 12.1 Å². The summed E-state index contributed by atoms with van der Waals surface area (Å²) in [6, 6.07) is 11.3. The number of ether oxygens (including phenoxy) is 3. The Kier molecular flexibility index (Phi) is 3.71. The zero-order valence-corrected chi connectivity index (χ0v) is 12.1. The van der Waals surface area contributed by atoms with E-state index in [4.69, 9.17) is 14.2 Å². The van der Waals surface area contributed by atoms with E-state index in [1.165, 1.54) is 11.1 Å². The first-order chi connectivity index (χ1) is 10.1. The number of aryl methyl sites for hydroxylation is 2. The summed E-state index contributed by atoms with van der Waals surface area (Å²) in [7, 11) is 0. The van der Waals surface area contributed by atoms with Crippen LogP contribution in [0.2, 0.25) is 0 Å². The first-order valence-electron chi connectivity index (χ1n) is 6.91. The maximum Gasteiger partial charge on any atom is 0.231 e. The van der Waals surface area contributed by atoms with Crippen LogP contribution in [-0.4, -0.2) is 18.5 Å². The molecule has 0 aliphatic carbocycles. The predicted octanol–water partition coefficient (Wildman–Crippen LogP) is 3.14. The highest BCUT2D eigenvalue weighted by Gasteiger charge is 2.17. The minimum absolute atomic E-state index is 0.197. The Hall–Kier alpha value is -2.20. The number of fused-ring (bicyclic) bond motifs is 1. The smallest absolute Gasteiger partial charge is 0.231 e. The van der Waals surface area contributed by atoms with E-state index in [2.05, 4.69) is 6.92 Å². The van der Waals surface area contributed by atoms with Crippen molar-refractivity contribution in [1.29, 1.82) is 0 Å². The van der Waals surface area contributed by atoms with Gasteiger partial charge >= 0.3 is 0 Å². The van der Waals surface area contributed by atoms with Crippen LogP contribution in [0.1, 0.15) is 22.8 Å². The summed E-state index contributed by atoms with van der Waals surface area (Å²) in [5.74, 6) is 2.14. The molecule has 3 rings (SSSR count). The highest BCUT2D eigenvalue weighted by Crippen LogP contribution is 2.34. The molecule has 4 heteroatoms. The van der Waals surface area contributed by atoms with Crippen molar-refractivity contribution in [3.63, 3.8) is 0 Å². The lowest BCUT2D eigenvalue weighted by atomic mass is 10.1. The molecule has 1 aliphatic rings. The normalized spacial score (nSPS) is 14.0. The molecule has 110 valence electrons. The lowest BCUT2D eigenvalue weighted by Gasteiger charge is -2.14. The van der Waals surface area contributed by atoms with Gasteiger partial charge in [0.05, 0.1) is 0 Å². The van der Waals surface area contributed by atoms with Gasteiger partial charge in [-0.2, -0.15) is 0 Å². The fourth-order valence-corrected chi connectivity index (χ4v) is 2.20. The van der Waals surface area contributed by atoms with Crippen molar-refractivity contribution in [2.45, 2.75) is 20.0 Å². The molecule has 0 radical (unpaired) electrons. The maximum absolute atomic E-state index is 10.2. The van der Waals surface area contributed by atoms with Crippen LogP contribution in [0.15, 0.2) is 36.4 Å². The molecule has 2 aromatic carbocycles. The maximum atomic E-state index is 10.2. The minimum Gasteiger partial charge on any atom is -0.491 e. The number of benzene rings is 2. The second-order valence-electron chi connectivity index (χ2n) is 5.19. The van der Waals surface area contributed by atoms with Crippen molar-refractivity contribution in [3.05, 3.63) is 53.1 Å². The molecule has 0 aromatic heterocycles. The highest BCUT2D eigenvalue weighted by molar-refractivity contribution is 5.45. The van der Waals surface area contributed by atoms with Crippen molar-refractivity contribution < 1.29 is 19.3 Å². The minimum atomic E-state index is -0.707. The van der Waals surface area contributed by atoms with E-state index in [0.29, 0.717) is 11.5 Å². The van der Waals surface area contributed by atoms with Crippen molar-refractivity contribution >= 4 is 0 Å². The SMILES string of the molecule is Cc1ccc(OCC(O)c2ccc3c(c2)OCO3)cc1C. The average molecular weight is 286 g/mol. The summed E-state index contributed by atoms with van der Waals surface area (Å²) in [5, 5.41) is 10.2. The van der Waals surface area contributed by atoms with E-state index < -0.39 is 6.10 Å². The Morgan fingerprint density at radius 3 is 2.67 bits per heavy atom. The quantitative estimate of drug-likeness (QED) is 0.938. The van der Waals surface area contributed by atoms with E-state index in [1.54, 1.807) is 12.1 Å². The fourth-order valence-electron chi connectivity index (χ4n) is 2.20. The van der Waals surface area contributed by atoms with Gasteiger partial charge in [0.25, 0.3) is 0 Å². The number of aliphatic hydroxyl groups excluding tert-OH is 1. The lowest BCUT2D eigenvalue weighted by Crippen LogP contribution is -2.09. The molecule has 1 unspecified atom stereocenters. The van der Waals surface area contributed by atoms with Gasteiger partial charge in [-0.3, -0.25) is 0 Å². The summed E-state index contributed by atoms with van der Waals surface area (Å²) >= 11 is 0. The molecule has 0 saturated carbocycles. The Balaban J connectivity index is 1.66. The number of rotatable bonds is 4. The molecule has 1 aliphatic heterocycles. The summed E-state index contributed by atoms with van der Waals surface area (Å²) in [6.45, 7) is 4.52. The fraction of sp³-hybridized carbons (Fsp3) is 0.294. The first-order valence-corrected chi connectivity index (χ1v) is 6.91. The van der Waals surface area contributed by atoms with Gasteiger partial charge in [-0.25, -0.2) is 0 Å². The van der Waals surface area contributed by atoms with Crippen LogP contribution >= 0.6 is 0 Å². The molecule has 2 aromatic rings. The third-order valence-electron chi connectivity index (χ3n) is 3.67. The van der Waals surface area contributed by atoms with Crippen molar-refractivity contribution in [1.82, 2.24) is 0 Å². The number of aliphatic hydroxyl groups is 1. The Morgan fingerprint density at radius 1 is 1.05 bits per heavy atom. The van der Waals surface area contributed by atoms with E-state index in [-0.39, 0.29) is 13.4 Å². The molecule has 21 heavy (non-hydrogen) atoms. The monoisotopic (exact) mass is 286 g/mol. The second-order valence-corrected chi connectivity index (χ2v) is 5.19. The Bertz CT molecular complexity index is 651. The van der Waals surface area contributed by atoms with Crippen LogP contribution in [0.3, 0.4) is 0 Å². The van der Waals surface area contributed by atoms with Crippen LogP contribution in [0.25, 0.3) is 0 Å². The largest absolute Gasteiger partial charge is 0.491 e. The van der Waals surface area contributed by atoms with Gasteiger partial charge in [0, 0.05) is 0 Å². The topological polar surface area (TPSA) is 47.9 Å². The highest BCUT2D eigenvalue weighted by atomic mass is 16.7. The molecule has 1 heterocycles. The zero-order valence-electron chi connectivity index (χ0n) is 12.1. The van der Waals surface area contributed by atoms with Crippen molar-refractivity contribution in [2.75, 3.05) is 13.4 Å². The van der Waals surface area contributed by atoms with Gasteiger partial charge in [-0.05, 0) is 54.8 Å².